The molecule has 0 bridgehead atoms. The Morgan fingerprint density at radius 1 is 1.37 bits per heavy atom. The van der Waals surface area contributed by atoms with Crippen molar-refractivity contribution < 1.29 is 12.8 Å². The van der Waals surface area contributed by atoms with E-state index in [2.05, 4.69) is 9.71 Å². The minimum Gasteiger partial charge on any atom is -0.245 e. The summed E-state index contributed by atoms with van der Waals surface area (Å²) in [6, 6.07) is 3.71. The number of aromatic nitrogens is 1. The van der Waals surface area contributed by atoms with E-state index in [4.69, 9.17) is 0 Å². The molecule has 102 valence electrons. The molecule has 0 aliphatic heterocycles. The lowest BCUT2D eigenvalue weighted by Gasteiger charge is -2.06. The van der Waals surface area contributed by atoms with E-state index >= 15 is 0 Å². The fraction of sp³-hybridized carbons (Fsp3) is 0.250. The van der Waals surface area contributed by atoms with Gasteiger partial charge < -0.3 is 0 Å². The van der Waals surface area contributed by atoms with E-state index in [1.807, 2.05) is 12.3 Å². The first kappa shape index (κ1) is 14.1. The van der Waals surface area contributed by atoms with Crippen molar-refractivity contribution in [2.24, 2.45) is 0 Å². The van der Waals surface area contributed by atoms with Gasteiger partial charge in [-0.2, -0.15) is 0 Å². The molecule has 2 aromatic rings. The molecule has 7 heteroatoms. The fourth-order valence-electron chi connectivity index (χ4n) is 1.51. The number of thiazole rings is 1. The molecule has 1 heterocycles. The first-order valence-electron chi connectivity index (χ1n) is 5.55. The molecule has 1 aromatic carbocycles. The molecule has 1 N–H and O–H groups in total. The second-order valence-corrected chi connectivity index (χ2v) is 6.83. The standard InChI is InChI=1S/C12H13FN2O2S2/c1-8-5-10(3-4-11(8)13)19(16,17)14-6-12-15-9(2)7-18-12/h3-5,7,14H,6H2,1-2H3. The lowest BCUT2D eigenvalue weighted by Crippen LogP contribution is -2.23. The summed E-state index contributed by atoms with van der Waals surface area (Å²) >= 11 is 1.39. The Morgan fingerprint density at radius 2 is 2.11 bits per heavy atom. The summed E-state index contributed by atoms with van der Waals surface area (Å²) in [7, 11) is -3.64. The summed E-state index contributed by atoms with van der Waals surface area (Å²) in [5, 5.41) is 2.55. The summed E-state index contributed by atoms with van der Waals surface area (Å²) in [4.78, 5) is 4.23. The third-order valence-corrected chi connectivity index (χ3v) is 4.89. The molecule has 0 saturated carbocycles. The Balaban J connectivity index is 2.16. The van der Waals surface area contributed by atoms with E-state index < -0.39 is 15.8 Å². The molecule has 0 aliphatic rings. The monoisotopic (exact) mass is 300 g/mol. The van der Waals surface area contributed by atoms with E-state index in [0.29, 0.717) is 10.6 Å². The molecule has 0 fully saturated rings. The number of nitrogens with zero attached hydrogens (tertiary/aromatic N) is 1. The van der Waals surface area contributed by atoms with Gasteiger partial charge in [0, 0.05) is 11.1 Å². The van der Waals surface area contributed by atoms with Gasteiger partial charge in [0.05, 0.1) is 11.4 Å². The van der Waals surface area contributed by atoms with E-state index in [1.165, 1.54) is 30.4 Å². The molecular weight excluding hydrogens is 287 g/mol. The third kappa shape index (κ3) is 3.37. The van der Waals surface area contributed by atoms with Gasteiger partial charge in [0.2, 0.25) is 10.0 Å². The number of rotatable bonds is 4. The first-order valence-corrected chi connectivity index (χ1v) is 7.91. The summed E-state index contributed by atoms with van der Waals surface area (Å²) in [5.41, 5.74) is 1.16. The van der Waals surface area contributed by atoms with Gasteiger partial charge in [-0.05, 0) is 37.6 Å². The summed E-state index contributed by atoms with van der Waals surface area (Å²) in [6.07, 6.45) is 0. The highest BCUT2D eigenvalue weighted by atomic mass is 32.2. The Bertz CT molecular complexity index is 696. The fourth-order valence-corrected chi connectivity index (χ4v) is 3.38. The van der Waals surface area contributed by atoms with Crippen LogP contribution in [0.3, 0.4) is 0 Å². The van der Waals surface area contributed by atoms with E-state index in [1.54, 1.807) is 0 Å². The van der Waals surface area contributed by atoms with Gasteiger partial charge in [-0.1, -0.05) is 0 Å². The van der Waals surface area contributed by atoms with Crippen LogP contribution < -0.4 is 4.72 Å². The van der Waals surface area contributed by atoms with Crippen molar-refractivity contribution in [1.82, 2.24) is 9.71 Å². The van der Waals surface area contributed by atoms with Crippen molar-refractivity contribution in [2.45, 2.75) is 25.3 Å². The minimum atomic E-state index is -3.64. The maximum Gasteiger partial charge on any atom is 0.240 e. The average molecular weight is 300 g/mol. The number of aryl methyl sites for hydroxylation is 2. The van der Waals surface area contributed by atoms with Crippen LogP contribution in [0.1, 0.15) is 16.3 Å². The summed E-state index contributed by atoms with van der Waals surface area (Å²) in [5.74, 6) is -0.422. The van der Waals surface area contributed by atoms with E-state index in [0.717, 1.165) is 11.8 Å². The smallest absolute Gasteiger partial charge is 0.240 e. The molecule has 0 atom stereocenters. The van der Waals surface area contributed by atoms with Gasteiger partial charge in [-0.3, -0.25) is 0 Å². The summed E-state index contributed by atoms with van der Waals surface area (Å²) < 4.78 is 39.6. The predicted octanol–water partition coefficient (Wildman–Crippen LogP) is 2.38. The number of hydrogen-bond acceptors (Lipinski definition) is 4. The van der Waals surface area contributed by atoms with Crippen molar-refractivity contribution in [3.8, 4) is 0 Å². The van der Waals surface area contributed by atoms with Crippen LogP contribution in [0.4, 0.5) is 4.39 Å². The summed E-state index contributed by atoms with van der Waals surface area (Å²) in [6.45, 7) is 3.51. The quantitative estimate of drug-likeness (QED) is 0.943. The van der Waals surface area contributed by atoms with Gasteiger partial charge in [0.25, 0.3) is 0 Å². The van der Waals surface area contributed by atoms with E-state index in [-0.39, 0.29) is 11.4 Å². The number of hydrogen-bond donors (Lipinski definition) is 1. The SMILES string of the molecule is Cc1csc(CNS(=O)(=O)c2ccc(F)c(C)c2)n1. The largest absolute Gasteiger partial charge is 0.245 e. The van der Waals surface area contributed by atoms with Crippen LogP contribution in [0.5, 0.6) is 0 Å². The normalized spacial score (nSPS) is 11.7. The number of benzene rings is 1. The highest BCUT2D eigenvalue weighted by molar-refractivity contribution is 7.89. The lowest BCUT2D eigenvalue weighted by molar-refractivity contribution is 0.579. The zero-order valence-corrected chi connectivity index (χ0v) is 12.1. The number of halogens is 1. The Labute approximate surface area is 115 Å². The van der Waals surface area contributed by atoms with Crippen LogP contribution in [0, 0.1) is 19.7 Å². The maximum atomic E-state index is 13.1. The maximum absolute atomic E-state index is 13.1. The van der Waals surface area contributed by atoms with Gasteiger partial charge in [-0.25, -0.2) is 22.5 Å². The van der Waals surface area contributed by atoms with Gasteiger partial charge in [0.1, 0.15) is 10.8 Å². The lowest BCUT2D eigenvalue weighted by atomic mass is 10.2. The van der Waals surface area contributed by atoms with Gasteiger partial charge in [0.15, 0.2) is 0 Å². The molecule has 0 radical (unpaired) electrons. The molecule has 2 rings (SSSR count). The van der Waals surface area contributed by atoms with Crippen LogP contribution in [0.2, 0.25) is 0 Å². The Hall–Kier alpha value is -1.31. The first-order chi connectivity index (χ1) is 8.88. The molecular formula is C12H13FN2O2S2. The molecule has 0 aliphatic carbocycles. The van der Waals surface area contributed by atoms with Gasteiger partial charge in [-0.15, -0.1) is 11.3 Å². The topological polar surface area (TPSA) is 59.1 Å². The predicted molar refractivity (Wildman–Crippen MR) is 72.0 cm³/mol. The van der Waals surface area contributed by atoms with Gasteiger partial charge >= 0.3 is 0 Å². The molecule has 4 nitrogen and oxygen atoms in total. The van der Waals surface area contributed by atoms with Crippen LogP contribution in [-0.4, -0.2) is 13.4 Å². The van der Waals surface area contributed by atoms with Crippen molar-refractivity contribution in [3.05, 3.63) is 45.7 Å². The highest BCUT2D eigenvalue weighted by Crippen LogP contribution is 2.15. The second-order valence-electron chi connectivity index (χ2n) is 4.12. The highest BCUT2D eigenvalue weighted by Gasteiger charge is 2.15. The van der Waals surface area contributed by atoms with Crippen molar-refractivity contribution in [3.63, 3.8) is 0 Å². The zero-order valence-electron chi connectivity index (χ0n) is 10.5. The molecule has 0 unspecified atom stereocenters. The second kappa shape index (κ2) is 5.36. The van der Waals surface area contributed by atoms with Crippen molar-refractivity contribution >= 4 is 21.4 Å². The Kier molecular flexibility index (Phi) is 3.98. The third-order valence-electron chi connectivity index (χ3n) is 2.52. The van der Waals surface area contributed by atoms with Crippen LogP contribution in [-0.2, 0) is 16.6 Å². The number of nitrogens with one attached hydrogen (secondary N) is 1. The molecule has 0 amide bonds. The van der Waals surface area contributed by atoms with Crippen LogP contribution in [0.25, 0.3) is 0 Å². The molecule has 0 saturated heterocycles. The van der Waals surface area contributed by atoms with Crippen LogP contribution >= 0.6 is 11.3 Å². The zero-order chi connectivity index (χ0) is 14.0. The van der Waals surface area contributed by atoms with Crippen molar-refractivity contribution in [2.75, 3.05) is 0 Å². The minimum absolute atomic E-state index is 0.0553. The molecule has 1 aromatic heterocycles. The van der Waals surface area contributed by atoms with Crippen LogP contribution in [0.15, 0.2) is 28.5 Å². The molecule has 0 spiro atoms. The van der Waals surface area contributed by atoms with Crippen molar-refractivity contribution in [1.29, 1.82) is 0 Å². The average Bonchev–Trinajstić information content (AvgIpc) is 2.76. The Morgan fingerprint density at radius 3 is 2.68 bits per heavy atom. The number of sulfonamides is 1. The van der Waals surface area contributed by atoms with E-state index in [9.17, 15) is 12.8 Å². The molecule has 19 heavy (non-hydrogen) atoms.